The summed E-state index contributed by atoms with van der Waals surface area (Å²) in [4.78, 5) is 15.7. The minimum absolute atomic E-state index is 0.0741. The molecule has 140 valence electrons. The molecule has 26 heavy (non-hydrogen) atoms. The van der Waals surface area contributed by atoms with E-state index in [2.05, 4.69) is 15.6 Å². The molecule has 1 aromatic carbocycles. The molecule has 0 aliphatic carbocycles. The molecule has 1 aromatic heterocycles. The van der Waals surface area contributed by atoms with Crippen LogP contribution in [0.25, 0.3) is 0 Å². The predicted octanol–water partition coefficient (Wildman–Crippen LogP) is 3.75. The van der Waals surface area contributed by atoms with Crippen molar-refractivity contribution >= 4 is 23.3 Å². The zero-order valence-corrected chi connectivity index (χ0v) is 14.6. The third-order valence-corrected chi connectivity index (χ3v) is 3.65. The Morgan fingerprint density at radius 3 is 2.65 bits per heavy atom. The number of rotatable bonds is 7. The number of pyridine rings is 1. The van der Waals surface area contributed by atoms with Crippen LogP contribution in [0.5, 0.6) is 5.75 Å². The summed E-state index contributed by atoms with van der Waals surface area (Å²) in [5, 5.41) is 5.52. The molecule has 0 aliphatic rings. The highest BCUT2D eigenvalue weighted by Crippen LogP contribution is 2.33. The number of nitrogens with zero attached hydrogens (tertiary/aromatic N) is 1. The van der Waals surface area contributed by atoms with E-state index in [-0.39, 0.29) is 18.9 Å². The molecule has 0 aliphatic heterocycles. The smallest absolute Gasteiger partial charge is 0.419 e. The van der Waals surface area contributed by atoms with E-state index < -0.39 is 23.8 Å². The summed E-state index contributed by atoms with van der Waals surface area (Å²) in [7, 11) is 0. The van der Waals surface area contributed by atoms with Crippen molar-refractivity contribution in [3.63, 3.8) is 0 Å². The lowest BCUT2D eigenvalue weighted by atomic mass is 10.2. The largest absolute Gasteiger partial charge is 0.479 e. The Balaban J connectivity index is 1.81. The number of carbonyl (C=O) groups is 1. The summed E-state index contributed by atoms with van der Waals surface area (Å²) in [6.07, 6.45) is -4.05. The molecule has 1 atom stereocenters. The number of anilines is 1. The van der Waals surface area contributed by atoms with Crippen molar-refractivity contribution in [3.05, 3.63) is 53.2 Å². The second-order valence-electron chi connectivity index (χ2n) is 5.31. The van der Waals surface area contributed by atoms with E-state index in [0.717, 1.165) is 6.07 Å². The maximum Gasteiger partial charge on any atom is 0.419 e. The van der Waals surface area contributed by atoms with Crippen LogP contribution in [0.1, 0.15) is 12.5 Å². The molecule has 1 amide bonds. The van der Waals surface area contributed by atoms with Crippen molar-refractivity contribution in [1.29, 1.82) is 0 Å². The third kappa shape index (κ3) is 5.52. The monoisotopic (exact) mass is 387 g/mol. The van der Waals surface area contributed by atoms with E-state index in [4.69, 9.17) is 16.3 Å². The molecule has 0 spiro atoms. The Bertz CT molecular complexity index is 756. The summed E-state index contributed by atoms with van der Waals surface area (Å²) in [6.45, 7) is 1.72. The molecule has 5 nitrogen and oxygen atoms in total. The van der Waals surface area contributed by atoms with Crippen molar-refractivity contribution in [3.8, 4) is 5.75 Å². The van der Waals surface area contributed by atoms with E-state index in [1.165, 1.54) is 12.3 Å². The highest BCUT2D eigenvalue weighted by molar-refractivity contribution is 6.32. The Morgan fingerprint density at radius 2 is 1.96 bits per heavy atom. The average molecular weight is 388 g/mol. The molecule has 0 saturated heterocycles. The summed E-state index contributed by atoms with van der Waals surface area (Å²) in [6, 6.07) is 8.88. The number of benzene rings is 1. The molecule has 0 radical (unpaired) electrons. The van der Waals surface area contributed by atoms with Gasteiger partial charge < -0.3 is 15.4 Å². The van der Waals surface area contributed by atoms with E-state index in [1.54, 1.807) is 31.2 Å². The third-order valence-electron chi connectivity index (χ3n) is 3.34. The van der Waals surface area contributed by atoms with Crippen molar-refractivity contribution in [2.45, 2.75) is 19.2 Å². The van der Waals surface area contributed by atoms with Crippen LogP contribution in [-0.2, 0) is 11.0 Å². The van der Waals surface area contributed by atoms with Gasteiger partial charge in [0.05, 0.1) is 10.6 Å². The molecule has 0 bridgehead atoms. The van der Waals surface area contributed by atoms with Gasteiger partial charge in [0.2, 0.25) is 0 Å². The molecule has 9 heteroatoms. The number of amides is 1. The molecule has 0 unspecified atom stereocenters. The zero-order chi connectivity index (χ0) is 19.2. The Hall–Kier alpha value is -2.48. The fraction of sp³-hybridized carbons (Fsp3) is 0.294. The first-order valence-electron chi connectivity index (χ1n) is 7.74. The number of nitrogens with one attached hydrogen (secondary N) is 2. The maximum atomic E-state index is 12.9. The first-order valence-corrected chi connectivity index (χ1v) is 8.12. The second kappa shape index (κ2) is 8.75. The SMILES string of the molecule is C[C@H](Oc1ccccc1Cl)C(=O)NCCNc1ncccc1C(F)(F)F. The van der Waals surface area contributed by atoms with E-state index in [1.807, 2.05) is 0 Å². The van der Waals surface area contributed by atoms with Crippen LogP contribution in [0.2, 0.25) is 5.02 Å². The van der Waals surface area contributed by atoms with Crippen LogP contribution in [0.3, 0.4) is 0 Å². The first-order chi connectivity index (χ1) is 12.3. The minimum atomic E-state index is -4.50. The Labute approximate surface area is 153 Å². The van der Waals surface area contributed by atoms with Crippen molar-refractivity contribution in [2.24, 2.45) is 0 Å². The van der Waals surface area contributed by atoms with Crippen LogP contribution in [0.4, 0.5) is 19.0 Å². The Morgan fingerprint density at radius 1 is 1.23 bits per heavy atom. The first kappa shape index (κ1) is 19.8. The van der Waals surface area contributed by atoms with Gasteiger partial charge in [-0.15, -0.1) is 0 Å². The highest BCUT2D eigenvalue weighted by atomic mass is 35.5. The molecule has 0 saturated carbocycles. The van der Waals surface area contributed by atoms with Gasteiger partial charge in [0.1, 0.15) is 11.6 Å². The molecule has 0 fully saturated rings. The normalized spacial score (nSPS) is 12.3. The van der Waals surface area contributed by atoms with Gasteiger partial charge in [-0.25, -0.2) is 4.98 Å². The number of halogens is 4. The minimum Gasteiger partial charge on any atom is -0.479 e. The average Bonchev–Trinajstić information content (AvgIpc) is 2.60. The quantitative estimate of drug-likeness (QED) is 0.710. The van der Waals surface area contributed by atoms with Gasteiger partial charge in [-0.3, -0.25) is 4.79 Å². The summed E-state index contributed by atoms with van der Waals surface area (Å²) in [5.74, 6) is -0.323. The van der Waals surface area contributed by atoms with E-state index >= 15 is 0 Å². The molecule has 2 N–H and O–H groups in total. The topological polar surface area (TPSA) is 63.2 Å². The van der Waals surface area contributed by atoms with Crippen LogP contribution in [0.15, 0.2) is 42.6 Å². The molecule has 2 aromatic rings. The van der Waals surface area contributed by atoms with Gasteiger partial charge >= 0.3 is 6.18 Å². The predicted molar refractivity (Wildman–Crippen MR) is 92.3 cm³/mol. The molecule has 1 heterocycles. The van der Waals surface area contributed by atoms with Gasteiger partial charge in [-0.2, -0.15) is 13.2 Å². The number of alkyl halides is 3. The van der Waals surface area contributed by atoms with Crippen molar-refractivity contribution in [1.82, 2.24) is 10.3 Å². The van der Waals surface area contributed by atoms with Crippen LogP contribution < -0.4 is 15.4 Å². The lowest BCUT2D eigenvalue weighted by Gasteiger charge is -2.16. The van der Waals surface area contributed by atoms with Crippen LogP contribution in [0, 0.1) is 0 Å². The van der Waals surface area contributed by atoms with Gasteiger partial charge in [0.25, 0.3) is 5.91 Å². The number of carbonyl (C=O) groups excluding carboxylic acids is 1. The van der Waals surface area contributed by atoms with Gasteiger partial charge in [-0.05, 0) is 31.2 Å². The lowest BCUT2D eigenvalue weighted by Crippen LogP contribution is -2.38. The summed E-state index contributed by atoms with van der Waals surface area (Å²) in [5.41, 5.74) is -0.859. The summed E-state index contributed by atoms with van der Waals surface area (Å²) < 4.78 is 44.0. The molecule has 2 rings (SSSR count). The van der Waals surface area contributed by atoms with Gasteiger partial charge in [-0.1, -0.05) is 23.7 Å². The number of hydrogen-bond acceptors (Lipinski definition) is 4. The standard InChI is InChI=1S/C17H17ClF3N3O2/c1-11(26-14-7-3-2-6-13(14)18)16(25)24-10-9-23-15-12(17(19,20)21)5-4-8-22-15/h2-8,11H,9-10H2,1H3,(H,22,23)(H,24,25)/t11-/m0/s1. The number of aromatic nitrogens is 1. The Kier molecular flexibility index (Phi) is 6.68. The van der Waals surface area contributed by atoms with E-state index in [0.29, 0.717) is 10.8 Å². The fourth-order valence-corrected chi connectivity index (χ4v) is 2.25. The number of ether oxygens (including phenoxy) is 1. The van der Waals surface area contributed by atoms with Crippen LogP contribution >= 0.6 is 11.6 Å². The van der Waals surface area contributed by atoms with Crippen LogP contribution in [-0.4, -0.2) is 30.1 Å². The highest BCUT2D eigenvalue weighted by Gasteiger charge is 2.33. The van der Waals surface area contributed by atoms with E-state index in [9.17, 15) is 18.0 Å². The summed E-state index contributed by atoms with van der Waals surface area (Å²) >= 11 is 5.95. The fourth-order valence-electron chi connectivity index (χ4n) is 2.07. The molecular weight excluding hydrogens is 371 g/mol. The van der Waals surface area contributed by atoms with Crippen molar-refractivity contribution in [2.75, 3.05) is 18.4 Å². The maximum absolute atomic E-state index is 12.9. The zero-order valence-electron chi connectivity index (χ0n) is 13.8. The van der Waals surface area contributed by atoms with Gasteiger partial charge in [0, 0.05) is 19.3 Å². The van der Waals surface area contributed by atoms with Crippen molar-refractivity contribution < 1.29 is 22.7 Å². The number of para-hydroxylation sites is 1. The molecular formula is C17H17ClF3N3O2. The van der Waals surface area contributed by atoms with Gasteiger partial charge in [0.15, 0.2) is 6.10 Å². The second-order valence-corrected chi connectivity index (χ2v) is 5.71. The lowest BCUT2D eigenvalue weighted by molar-refractivity contribution is -0.137. The number of hydrogen-bond donors (Lipinski definition) is 2.